The van der Waals surface area contributed by atoms with Crippen molar-refractivity contribution in [3.63, 3.8) is 0 Å². The van der Waals surface area contributed by atoms with Crippen molar-refractivity contribution in [3.05, 3.63) is 77.7 Å². The zero-order valence-electron chi connectivity index (χ0n) is 10.7. The van der Waals surface area contributed by atoms with Gasteiger partial charge in [0.25, 0.3) is 0 Å². The van der Waals surface area contributed by atoms with E-state index in [0.717, 1.165) is 0 Å². The zero-order chi connectivity index (χ0) is 13.8. The first-order chi connectivity index (χ1) is 9.08. The van der Waals surface area contributed by atoms with Gasteiger partial charge in [-0.15, -0.1) is 0 Å². The van der Waals surface area contributed by atoms with Gasteiger partial charge in [0, 0.05) is 24.4 Å². The van der Waals surface area contributed by atoms with E-state index in [1.165, 1.54) is 0 Å². The number of rotatable bonds is 3. The van der Waals surface area contributed by atoms with Crippen LogP contribution in [0, 0.1) is 0 Å². The van der Waals surface area contributed by atoms with E-state index in [-0.39, 0.29) is 11.6 Å². The highest BCUT2D eigenvalue weighted by atomic mass is 16.1. The SMILES string of the molecule is C=C(N)/N=c1/ccc(C(=O)c2ccccc2)cn1C. The molecule has 0 amide bonds. The summed E-state index contributed by atoms with van der Waals surface area (Å²) in [7, 11) is 1.81. The molecule has 0 aliphatic rings. The lowest BCUT2D eigenvalue weighted by molar-refractivity contribution is 0.103. The molecule has 0 fully saturated rings. The molecule has 2 N–H and O–H groups in total. The molecule has 0 atom stereocenters. The first kappa shape index (κ1) is 12.8. The third kappa shape index (κ3) is 2.98. The highest BCUT2D eigenvalue weighted by molar-refractivity contribution is 6.08. The summed E-state index contributed by atoms with van der Waals surface area (Å²) >= 11 is 0. The average molecular weight is 253 g/mol. The molecule has 1 aromatic heterocycles. The van der Waals surface area contributed by atoms with Crippen molar-refractivity contribution in [3.8, 4) is 0 Å². The van der Waals surface area contributed by atoms with E-state index in [1.807, 2.05) is 25.2 Å². The molecule has 96 valence electrons. The van der Waals surface area contributed by atoms with Crippen LogP contribution in [-0.2, 0) is 7.05 Å². The molecule has 0 unspecified atom stereocenters. The van der Waals surface area contributed by atoms with Crippen LogP contribution in [0.2, 0.25) is 0 Å². The summed E-state index contributed by atoms with van der Waals surface area (Å²) < 4.78 is 1.74. The van der Waals surface area contributed by atoms with Gasteiger partial charge < -0.3 is 10.3 Å². The zero-order valence-corrected chi connectivity index (χ0v) is 10.7. The molecule has 0 saturated carbocycles. The van der Waals surface area contributed by atoms with Gasteiger partial charge in [0.15, 0.2) is 5.78 Å². The smallest absolute Gasteiger partial charge is 0.194 e. The number of nitrogens with two attached hydrogens (primary N) is 1. The summed E-state index contributed by atoms with van der Waals surface area (Å²) in [6.45, 7) is 3.53. The number of aryl methyl sites for hydroxylation is 1. The van der Waals surface area contributed by atoms with Crippen LogP contribution in [0.1, 0.15) is 15.9 Å². The van der Waals surface area contributed by atoms with Crippen LogP contribution >= 0.6 is 0 Å². The van der Waals surface area contributed by atoms with Crippen LogP contribution in [0.15, 0.2) is 66.1 Å². The van der Waals surface area contributed by atoms with E-state index in [4.69, 9.17) is 5.73 Å². The van der Waals surface area contributed by atoms with Gasteiger partial charge >= 0.3 is 0 Å². The van der Waals surface area contributed by atoms with E-state index < -0.39 is 0 Å². The first-order valence-electron chi connectivity index (χ1n) is 5.83. The molecular formula is C15H15N3O. The lowest BCUT2D eigenvalue weighted by Gasteiger charge is -2.05. The number of aromatic nitrogens is 1. The van der Waals surface area contributed by atoms with E-state index in [9.17, 15) is 4.79 Å². The van der Waals surface area contributed by atoms with E-state index in [2.05, 4.69) is 11.6 Å². The minimum absolute atomic E-state index is 0.0191. The predicted molar refractivity (Wildman–Crippen MR) is 74.2 cm³/mol. The van der Waals surface area contributed by atoms with Crippen molar-refractivity contribution < 1.29 is 4.79 Å². The first-order valence-corrected chi connectivity index (χ1v) is 5.83. The number of benzene rings is 1. The number of carbonyl (C=O) groups excluding carboxylic acids is 1. The van der Waals surface area contributed by atoms with Crippen LogP contribution in [0.3, 0.4) is 0 Å². The van der Waals surface area contributed by atoms with Gasteiger partial charge in [-0.3, -0.25) is 4.79 Å². The number of hydrogen-bond donors (Lipinski definition) is 1. The van der Waals surface area contributed by atoms with Gasteiger partial charge in [-0.25, -0.2) is 4.99 Å². The van der Waals surface area contributed by atoms with Crippen molar-refractivity contribution in [2.24, 2.45) is 17.8 Å². The fourth-order valence-electron chi connectivity index (χ4n) is 1.75. The van der Waals surface area contributed by atoms with Gasteiger partial charge in [0.2, 0.25) is 0 Å². The summed E-state index contributed by atoms with van der Waals surface area (Å²) in [5.41, 5.74) is 7.36. The molecular weight excluding hydrogens is 238 g/mol. The fraction of sp³-hybridized carbons (Fsp3) is 0.0667. The maximum atomic E-state index is 12.2. The number of nitrogens with zero attached hydrogens (tertiary/aromatic N) is 2. The fourth-order valence-corrected chi connectivity index (χ4v) is 1.75. The molecule has 4 nitrogen and oxygen atoms in total. The maximum Gasteiger partial charge on any atom is 0.194 e. The Morgan fingerprint density at radius 3 is 2.42 bits per heavy atom. The van der Waals surface area contributed by atoms with Crippen LogP contribution in [0.4, 0.5) is 0 Å². The van der Waals surface area contributed by atoms with Gasteiger partial charge in [-0.05, 0) is 12.1 Å². The van der Waals surface area contributed by atoms with E-state index in [1.54, 1.807) is 35.0 Å². The van der Waals surface area contributed by atoms with Crippen molar-refractivity contribution in [2.45, 2.75) is 0 Å². The van der Waals surface area contributed by atoms with Crippen molar-refractivity contribution >= 4 is 5.78 Å². The normalized spacial score (nSPS) is 11.3. The molecule has 2 aromatic rings. The van der Waals surface area contributed by atoms with Crippen LogP contribution < -0.4 is 11.2 Å². The van der Waals surface area contributed by atoms with Gasteiger partial charge in [0.05, 0.1) is 0 Å². The van der Waals surface area contributed by atoms with Crippen LogP contribution in [0.25, 0.3) is 0 Å². The Morgan fingerprint density at radius 2 is 1.84 bits per heavy atom. The second kappa shape index (κ2) is 5.35. The molecule has 0 bridgehead atoms. The largest absolute Gasteiger partial charge is 0.384 e. The maximum absolute atomic E-state index is 12.2. The second-order valence-electron chi connectivity index (χ2n) is 4.19. The number of hydrogen-bond acceptors (Lipinski definition) is 3. The molecule has 0 saturated heterocycles. The van der Waals surface area contributed by atoms with Crippen LogP contribution in [0.5, 0.6) is 0 Å². The average Bonchev–Trinajstić information content (AvgIpc) is 2.41. The Hall–Kier alpha value is -2.62. The Kier molecular flexibility index (Phi) is 3.61. The second-order valence-corrected chi connectivity index (χ2v) is 4.19. The molecule has 0 aliphatic heterocycles. The predicted octanol–water partition coefficient (Wildman–Crippen LogP) is 1.59. The van der Waals surface area contributed by atoms with Gasteiger partial charge in [-0.2, -0.15) is 0 Å². The summed E-state index contributed by atoms with van der Waals surface area (Å²) in [6, 6.07) is 12.6. The molecule has 1 heterocycles. The third-order valence-corrected chi connectivity index (χ3v) is 2.66. The summed E-state index contributed by atoms with van der Waals surface area (Å²) in [6.07, 6.45) is 1.73. The molecule has 0 spiro atoms. The van der Waals surface area contributed by atoms with E-state index in [0.29, 0.717) is 16.6 Å². The van der Waals surface area contributed by atoms with Crippen molar-refractivity contribution in [1.29, 1.82) is 0 Å². The molecule has 2 rings (SSSR count). The monoisotopic (exact) mass is 253 g/mol. The Bertz CT molecular complexity index is 684. The Labute approximate surface area is 111 Å². The number of ketones is 1. The van der Waals surface area contributed by atoms with Crippen molar-refractivity contribution in [2.75, 3.05) is 0 Å². The summed E-state index contributed by atoms with van der Waals surface area (Å²) in [5, 5.41) is 0. The Balaban J connectivity index is 2.41. The molecule has 1 aromatic carbocycles. The standard InChI is InChI=1S/C15H15N3O/c1-11(16)17-14-9-8-13(10-18(14)2)15(19)12-6-4-3-5-7-12/h3-10H,1,16H2,2H3/b17-14-. The third-order valence-electron chi connectivity index (χ3n) is 2.66. The highest BCUT2D eigenvalue weighted by Crippen LogP contribution is 2.07. The molecule has 0 aliphatic carbocycles. The van der Waals surface area contributed by atoms with E-state index >= 15 is 0 Å². The summed E-state index contributed by atoms with van der Waals surface area (Å²) in [5.74, 6) is 0.215. The van der Waals surface area contributed by atoms with Gasteiger partial charge in [-0.1, -0.05) is 36.9 Å². The minimum Gasteiger partial charge on any atom is -0.384 e. The van der Waals surface area contributed by atoms with Gasteiger partial charge in [0.1, 0.15) is 11.3 Å². The quantitative estimate of drug-likeness (QED) is 0.844. The van der Waals surface area contributed by atoms with Crippen molar-refractivity contribution in [1.82, 2.24) is 4.57 Å². The molecule has 19 heavy (non-hydrogen) atoms. The lowest BCUT2D eigenvalue weighted by Crippen LogP contribution is -2.19. The number of pyridine rings is 1. The molecule has 0 radical (unpaired) electrons. The van der Waals surface area contributed by atoms with Crippen LogP contribution in [-0.4, -0.2) is 10.4 Å². The highest BCUT2D eigenvalue weighted by Gasteiger charge is 2.08. The topological polar surface area (TPSA) is 60.4 Å². The minimum atomic E-state index is -0.0191. The number of carbonyl (C=O) groups is 1. The lowest BCUT2D eigenvalue weighted by atomic mass is 10.1. The summed E-state index contributed by atoms with van der Waals surface area (Å²) in [4.78, 5) is 16.3. The molecule has 4 heteroatoms. The Morgan fingerprint density at radius 1 is 1.16 bits per heavy atom.